The van der Waals surface area contributed by atoms with Gasteiger partial charge in [-0.3, -0.25) is 9.69 Å². The SMILES string of the molecule is O=C(N1CCN(Cc2ccccc2)CC1)C12C[C@@H]3C[C@@H](CC(O)(C3)C1)C2. The van der Waals surface area contributed by atoms with Crippen molar-refractivity contribution in [3.8, 4) is 0 Å². The van der Waals surface area contributed by atoms with Gasteiger partial charge < -0.3 is 10.0 Å². The number of benzene rings is 1. The van der Waals surface area contributed by atoms with Crippen molar-refractivity contribution >= 4 is 5.91 Å². The van der Waals surface area contributed by atoms with E-state index in [1.165, 1.54) is 12.0 Å². The molecule has 5 aliphatic rings. The zero-order valence-electron chi connectivity index (χ0n) is 15.6. The zero-order valence-corrected chi connectivity index (χ0v) is 15.6. The molecule has 4 heteroatoms. The molecular weight excluding hydrogens is 324 g/mol. The molecule has 4 atom stereocenters. The van der Waals surface area contributed by atoms with Gasteiger partial charge in [-0.15, -0.1) is 0 Å². The van der Waals surface area contributed by atoms with Crippen LogP contribution < -0.4 is 0 Å². The largest absolute Gasteiger partial charge is 0.390 e. The van der Waals surface area contributed by atoms with Gasteiger partial charge in [-0.25, -0.2) is 0 Å². The highest BCUT2D eigenvalue weighted by atomic mass is 16.3. The zero-order chi connectivity index (χ0) is 17.8. The van der Waals surface area contributed by atoms with Gasteiger partial charge in [0.25, 0.3) is 0 Å². The van der Waals surface area contributed by atoms with Crippen LogP contribution in [-0.2, 0) is 11.3 Å². The minimum Gasteiger partial charge on any atom is -0.390 e. The molecule has 140 valence electrons. The summed E-state index contributed by atoms with van der Waals surface area (Å²) in [4.78, 5) is 18.0. The standard InChI is InChI=1S/C22H30N2O2/c25-20(21-11-18-10-19(12-21)14-22(26,13-18)16-21)24-8-6-23(7-9-24)15-17-4-2-1-3-5-17/h1-5,18-19,26H,6-16H2/t18-,19+,21?,22?. The number of aliphatic hydroxyl groups is 1. The first-order valence-electron chi connectivity index (χ1n) is 10.3. The number of hydrogen-bond acceptors (Lipinski definition) is 3. The second kappa shape index (κ2) is 6.07. The predicted molar refractivity (Wildman–Crippen MR) is 100 cm³/mol. The molecule has 1 saturated heterocycles. The minimum absolute atomic E-state index is 0.250. The number of amides is 1. The van der Waals surface area contributed by atoms with Gasteiger partial charge in [0.1, 0.15) is 0 Å². The number of piperazine rings is 1. The van der Waals surface area contributed by atoms with Crippen molar-refractivity contribution in [3.63, 3.8) is 0 Å². The Balaban J connectivity index is 1.24. The van der Waals surface area contributed by atoms with Crippen molar-refractivity contribution in [1.29, 1.82) is 0 Å². The average Bonchev–Trinajstić information content (AvgIpc) is 2.60. The summed E-state index contributed by atoms with van der Waals surface area (Å²) in [5, 5.41) is 10.9. The smallest absolute Gasteiger partial charge is 0.229 e. The van der Waals surface area contributed by atoms with Crippen LogP contribution in [0.15, 0.2) is 30.3 Å². The van der Waals surface area contributed by atoms with Gasteiger partial charge in [-0.2, -0.15) is 0 Å². The maximum absolute atomic E-state index is 13.5. The fraction of sp³-hybridized carbons (Fsp3) is 0.682. The van der Waals surface area contributed by atoms with Crippen LogP contribution in [0.4, 0.5) is 0 Å². The van der Waals surface area contributed by atoms with Crippen molar-refractivity contribution < 1.29 is 9.90 Å². The lowest BCUT2D eigenvalue weighted by Gasteiger charge is -2.60. The molecule has 2 unspecified atom stereocenters. The fourth-order valence-electron chi connectivity index (χ4n) is 6.75. The van der Waals surface area contributed by atoms with Gasteiger partial charge in [-0.1, -0.05) is 30.3 Å². The maximum atomic E-state index is 13.5. The van der Waals surface area contributed by atoms with E-state index in [1.807, 2.05) is 0 Å². The Morgan fingerprint density at radius 1 is 1.00 bits per heavy atom. The van der Waals surface area contributed by atoms with E-state index in [4.69, 9.17) is 0 Å². The summed E-state index contributed by atoms with van der Waals surface area (Å²) < 4.78 is 0. The molecule has 1 aromatic rings. The normalized spacial score (nSPS) is 39.3. The topological polar surface area (TPSA) is 43.8 Å². The molecule has 0 spiro atoms. The molecule has 1 N–H and O–H groups in total. The number of nitrogens with zero attached hydrogens (tertiary/aromatic N) is 2. The van der Waals surface area contributed by atoms with E-state index in [-0.39, 0.29) is 5.41 Å². The maximum Gasteiger partial charge on any atom is 0.229 e. The highest BCUT2D eigenvalue weighted by Gasteiger charge is 2.60. The van der Waals surface area contributed by atoms with Crippen LogP contribution in [0.2, 0.25) is 0 Å². The second-order valence-electron chi connectivity index (χ2n) is 9.52. The Morgan fingerprint density at radius 3 is 2.27 bits per heavy atom. The molecule has 1 aromatic carbocycles. The van der Waals surface area contributed by atoms with Crippen molar-refractivity contribution in [2.24, 2.45) is 17.3 Å². The molecule has 4 nitrogen and oxygen atoms in total. The molecule has 0 aromatic heterocycles. The molecule has 1 amide bonds. The van der Waals surface area contributed by atoms with Crippen molar-refractivity contribution in [1.82, 2.24) is 9.80 Å². The lowest BCUT2D eigenvalue weighted by molar-refractivity contribution is -0.187. The van der Waals surface area contributed by atoms with Gasteiger partial charge in [-0.05, 0) is 55.9 Å². The quantitative estimate of drug-likeness (QED) is 0.908. The van der Waals surface area contributed by atoms with E-state index in [0.717, 1.165) is 64.8 Å². The number of carbonyl (C=O) groups excluding carboxylic acids is 1. The van der Waals surface area contributed by atoms with Gasteiger partial charge in [0.15, 0.2) is 0 Å². The molecule has 0 radical (unpaired) electrons. The van der Waals surface area contributed by atoms with Crippen molar-refractivity contribution in [2.45, 2.75) is 50.7 Å². The van der Waals surface area contributed by atoms with E-state index < -0.39 is 5.60 Å². The van der Waals surface area contributed by atoms with E-state index in [0.29, 0.717) is 17.7 Å². The van der Waals surface area contributed by atoms with Crippen molar-refractivity contribution in [3.05, 3.63) is 35.9 Å². The molecular formula is C22H30N2O2. The van der Waals surface area contributed by atoms with E-state index >= 15 is 0 Å². The minimum atomic E-state index is -0.547. The van der Waals surface area contributed by atoms with Crippen LogP contribution in [0.3, 0.4) is 0 Å². The van der Waals surface area contributed by atoms with Crippen LogP contribution in [0.1, 0.15) is 44.1 Å². The molecule has 1 heterocycles. The van der Waals surface area contributed by atoms with Crippen LogP contribution >= 0.6 is 0 Å². The molecule has 4 bridgehead atoms. The highest BCUT2D eigenvalue weighted by molar-refractivity contribution is 5.83. The van der Waals surface area contributed by atoms with E-state index in [1.54, 1.807) is 0 Å². The number of hydrogen-bond donors (Lipinski definition) is 1. The van der Waals surface area contributed by atoms with Crippen LogP contribution in [-0.4, -0.2) is 52.6 Å². The third-order valence-electron chi connectivity index (χ3n) is 7.39. The van der Waals surface area contributed by atoms with E-state index in [9.17, 15) is 9.90 Å². The van der Waals surface area contributed by atoms with Gasteiger partial charge in [0, 0.05) is 32.7 Å². The highest BCUT2D eigenvalue weighted by Crippen LogP contribution is 2.62. The third kappa shape index (κ3) is 2.87. The number of rotatable bonds is 3. The Bertz CT molecular complexity index is 667. The molecule has 1 aliphatic heterocycles. The predicted octanol–water partition coefficient (Wildman–Crippen LogP) is 2.66. The summed E-state index contributed by atoms with van der Waals surface area (Å²) in [5.41, 5.74) is 0.547. The fourth-order valence-corrected chi connectivity index (χ4v) is 6.75. The van der Waals surface area contributed by atoms with Crippen molar-refractivity contribution in [2.75, 3.05) is 26.2 Å². The first kappa shape index (κ1) is 16.8. The molecule has 4 aliphatic carbocycles. The summed E-state index contributed by atoms with van der Waals surface area (Å²) in [6, 6.07) is 10.6. The lowest BCUT2D eigenvalue weighted by atomic mass is 9.47. The molecule has 26 heavy (non-hydrogen) atoms. The summed E-state index contributed by atoms with van der Waals surface area (Å²) in [7, 11) is 0. The Kier molecular flexibility index (Phi) is 3.91. The second-order valence-corrected chi connectivity index (χ2v) is 9.52. The Labute approximate surface area is 156 Å². The third-order valence-corrected chi connectivity index (χ3v) is 7.39. The summed E-state index contributed by atoms with van der Waals surface area (Å²) >= 11 is 0. The average molecular weight is 354 g/mol. The van der Waals surface area contributed by atoms with Gasteiger partial charge >= 0.3 is 0 Å². The van der Waals surface area contributed by atoms with Gasteiger partial charge in [0.05, 0.1) is 11.0 Å². The monoisotopic (exact) mass is 354 g/mol. The molecule has 6 rings (SSSR count). The Hall–Kier alpha value is -1.39. The van der Waals surface area contributed by atoms with Crippen LogP contribution in [0, 0.1) is 17.3 Å². The van der Waals surface area contributed by atoms with E-state index in [2.05, 4.69) is 40.1 Å². The summed E-state index contributed by atoms with van der Waals surface area (Å²) in [5.74, 6) is 1.50. The summed E-state index contributed by atoms with van der Waals surface area (Å²) in [6.07, 6.45) is 5.87. The Morgan fingerprint density at radius 2 is 1.65 bits per heavy atom. The van der Waals surface area contributed by atoms with Crippen LogP contribution in [0.25, 0.3) is 0 Å². The molecule has 5 fully saturated rings. The van der Waals surface area contributed by atoms with Gasteiger partial charge in [0.2, 0.25) is 5.91 Å². The number of carbonyl (C=O) groups is 1. The van der Waals surface area contributed by atoms with Crippen LogP contribution in [0.5, 0.6) is 0 Å². The first-order valence-corrected chi connectivity index (χ1v) is 10.3. The molecule has 4 saturated carbocycles. The lowest BCUT2D eigenvalue weighted by Crippen LogP contribution is -2.62. The first-order chi connectivity index (χ1) is 12.5. The summed E-state index contributed by atoms with van der Waals surface area (Å²) in [6.45, 7) is 4.54.